The zero-order valence-electron chi connectivity index (χ0n) is 21.9. The van der Waals surface area contributed by atoms with E-state index in [1.807, 2.05) is 44.2 Å². The van der Waals surface area contributed by atoms with Crippen LogP contribution in [-0.4, -0.2) is 42.0 Å². The van der Waals surface area contributed by atoms with Crippen molar-refractivity contribution in [2.75, 3.05) is 13.2 Å². The molecular formula is C28H32FN5O4. The number of imidazole rings is 1. The van der Waals surface area contributed by atoms with Crippen LogP contribution in [0.25, 0.3) is 22.6 Å². The second-order valence-corrected chi connectivity index (χ2v) is 10.1. The van der Waals surface area contributed by atoms with E-state index in [9.17, 15) is 19.1 Å². The first-order valence-electron chi connectivity index (χ1n) is 13.0. The number of ether oxygens (including phenoxy) is 1. The van der Waals surface area contributed by atoms with Crippen LogP contribution in [0.1, 0.15) is 50.4 Å². The molecule has 1 aliphatic rings. The first-order chi connectivity index (χ1) is 18.3. The monoisotopic (exact) mass is 521 g/mol. The quantitative estimate of drug-likeness (QED) is 0.342. The maximum atomic E-state index is 14.9. The molecular weight excluding hydrogens is 489 g/mol. The van der Waals surface area contributed by atoms with Crippen molar-refractivity contribution in [2.45, 2.75) is 59.2 Å². The summed E-state index contributed by atoms with van der Waals surface area (Å²) in [6.07, 6.45) is 2.41. The molecule has 10 heteroatoms. The molecule has 5 rings (SSSR count). The van der Waals surface area contributed by atoms with Crippen molar-refractivity contribution in [3.8, 4) is 17.3 Å². The van der Waals surface area contributed by atoms with Crippen molar-refractivity contribution in [3.63, 3.8) is 0 Å². The summed E-state index contributed by atoms with van der Waals surface area (Å²) in [4.78, 5) is 36.4. The van der Waals surface area contributed by atoms with Gasteiger partial charge in [0.2, 0.25) is 5.88 Å². The van der Waals surface area contributed by atoms with Crippen molar-refractivity contribution in [1.82, 2.24) is 23.7 Å². The summed E-state index contributed by atoms with van der Waals surface area (Å²) in [6.45, 7) is 5.90. The zero-order chi connectivity index (χ0) is 27.0. The first-order valence-corrected chi connectivity index (χ1v) is 13.0. The Bertz CT molecular complexity index is 1590. The molecule has 9 nitrogen and oxygen atoms in total. The first kappa shape index (κ1) is 25.8. The summed E-state index contributed by atoms with van der Waals surface area (Å²) in [5.74, 6) is 0.480. The lowest BCUT2D eigenvalue weighted by atomic mass is 10.2. The van der Waals surface area contributed by atoms with Gasteiger partial charge in [0.25, 0.3) is 5.56 Å². The maximum absolute atomic E-state index is 14.9. The van der Waals surface area contributed by atoms with Gasteiger partial charge in [0.1, 0.15) is 11.6 Å². The minimum atomic E-state index is -0.515. The van der Waals surface area contributed by atoms with Gasteiger partial charge in [-0.2, -0.15) is 0 Å². The van der Waals surface area contributed by atoms with E-state index in [-0.39, 0.29) is 54.9 Å². The highest BCUT2D eigenvalue weighted by molar-refractivity contribution is 5.79. The Morgan fingerprint density at radius 2 is 1.87 bits per heavy atom. The molecule has 1 N–H and O–H groups in total. The van der Waals surface area contributed by atoms with E-state index in [0.717, 1.165) is 23.0 Å². The molecule has 4 aromatic rings. The van der Waals surface area contributed by atoms with Crippen molar-refractivity contribution in [3.05, 3.63) is 74.3 Å². The molecule has 38 heavy (non-hydrogen) atoms. The largest absolute Gasteiger partial charge is 0.477 e. The minimum Gasteiger partial charge on any atom is -0.477 e. The predicted octanol–water partition coefficient (Wildman–Crippen LogP) is 3.67. The lowest BCUT2D eigenvalue weighted by Gasteiger charge is -2.15. The van der Waals surface area contributed by atoms with E-state index in [2.05, 4.69) is 4.98 Å². The number of halogens is 1. The molecule has 1 aliphatic carbocycles. The number of nitrogens with zero attached hydrogens (tertiary/aromatic N) is 5. The molecule has 0 radical (unpaired) electrons. The molecule has 0 bridgehead atoms. The van der Waals surface area contributed by atoms with Crippen LogP contribution in [0.4, 0.5) is 4.39 Å². The smallest absolute Gasteiger partial charge is 0.332 e. The van der Waals surface area contributed by atoms with Crippen molar-refractivity contribution < 1.29 is 14.2 Å². The molecule has 200 valence electrons. The van der Waals surface area contributed by atoms with E-state index in [1.165, 1.54) is 10.6 Å². The van der Waals surface area contributed by atoms with Gasteiger partial charge in [-0.3, -0.25) is 13.9 Å². The molecule has 1 fully saturated rings. The number of aliphatic hydroxyl groups excluding tert-OH is 1. The molecule has 1 aromatic carbocycles. The van der Waals surface area contributed by atoms with Crippen LogP contribution in [0.5, 0.6) is 5.88 Å². The fourth-order valence-corrected chi connectivity index (χ4v) is 4.58. The molecule has 0 spiro atoms. The zero-order valence-corrected chi connectivity index (χ0v) is 21.9. The van der Waals surface area contributed by atoms with Gasteiger partial charge in [0.05, 0.1) is 17.9 Å². The highest BCUT2D eigenvalue weighted by atomic mass is 19.1. The SMILES string of the molecule is Cc1nc(OCC2CC2)c(-c2nc3c(c(=O)n(CCCO)c(=O)n3C(C)C)n2Cc2ccccc2)cc1F. The highest BCUT2D eigenvalue weighted by Gasteiger charge is 2.28. The number of pyridine rings is 1. The van der Waals surface area contributed by atoms with E-state index in [4.69, 9.17) is 9.72 Å². The number of aryl methyl sites for hydroxylation is 1. The Morgan fingerprint density at radius 1 is 1.13 bits per heavy atom. The lowest BCUT2D eigenvalue weighted by Crippen LogP contribution is -2.41. The van der Waals surface area contributed by atoms with Gasteiger partial charge in [-0.15, -0.1) is 0 Å². The third kappa shape index (κ3) is 4.88. The van der Waals surface area contributed by atoms with Crippen molar-refractivity contribution >= 4 is 11.2 Å². The molecule has 0 unspecified atom stereocenters. The Balaban J connectivity index is 1.83. The van der Waals surface area contributed by atoms with Gasteiger partial charge < -0.3 is 14.4 Å². The van der Waals surface area contributed by atoms with Gasteiger partial charge in [-0.25, -0.2) is 19.2 Å². The molecule has 3 heterocycles. The summed E-state index contributed by atoms with van der Waals surface area (Å²) in [7, 11) is 0. The van der Waals surface area contributed by atoms with Crippen LogP contribution in [0, 0.1) is 18.7 Å². The maximum Gasteiger partial charge on any atom is 0.332 e. The number of benzene rings is 1. The minimum absolute atomic E-state index is 0.0686. The number of fused-ring (bicyclic) bond motifs is 1. The second kappa shape index (κ2) is 10.5. The molecule has 0 atom stereocenters. The van der Waals surface area contributed by atoms with E-state index in [0.29, 0.717) is 23.9 Å². The lowest BCUT2D eigenvalue weighted by molar-refractivity contribution is 0.277. The second-order valence-electron chi connectivity index (χ2n) is 10.1. The van der Waals surface area contributed by atoms with Crippen LogP contribution >= 0.6 is 0 Å². The molecule has 1 saturated carbocycles. The molecule has 3 aromatic heterocycles. The normalized spacial score (nSPS) is 13.5. The number of aromatic nitrogens is 5. The number of hydrogen-bond donors (Lipinski definition) is 1. The van der Waals surface area contributed by atoms with E-state index in [1.54, 1.807) is 11.5 Å². The van der Waals surface area contributed by atoms with Gasteiger partial charge in [0.15, 0.2) is 11.2 Å². The average molecular weight is 522 g/mol. The summed E-state index contributed by atoms with van der Waals surface area (Å²) in [5.41, 5.74) is 0.865. The summed E-state index contributed by atoms with van der Waals surface area (Å²) in [5, 5.41) is 9.38. The van der Waals surface area contributed by atoms with Gasteiger partial charge in [0, 0.05) is 25.7 Å². The van der Waals surface area contributed by atoms with E-state index < -0.39 is 17.1 Å². The Kier molecular flexibility index (Phi) is 7.16. The van der Waals surface area contributed by atoms with E-state index >= 15 is 0 Å². The van der Waals surface area contributed by atoms with Crippen LogP contribution < -0.4 is 16.0 Å². The van der Waals surface area contributed by atoms with Gasteiger partial charge in [-0.1, -0.05) is 30.3 Å². The van der Waals surface area contributed by atoms with Crippen molar-refractivity contribution in [1.29, 1.82) is 0 Å². The van der Waals surface area contributed by atoms with Crippen molar-refractivity contribution in [2.24, 2.45) is 5.92 Å². The summed E-state index contributed by atoms with van der Waals surface area (Å²) in [6, 6.07) is 10.6. The molecule has 0 aliphatic heterocycles. The highest BCUT2D eigenvalue weighted by Crippen LogP contribution is 2.35. The summed E-state index contributed by atoms with van der Waals surface area (Å²) >= 11 is 0. The molecule has 0 amide bonds. The standard InChI is InChI=1S/C28H32FN5O4/c1-17(2)34-25-23(27(36)32(28(34)37)12-7-13-35)33(15-19-8-5-4-6-9-19)24(31-25)21-14-22(29)18(3)30-26(21)38-16-20-10-11-20/h4-6,8-9,14,17,20,35H,7,10-13,15-16H2,1-3H3. The Hall–Kier alpha value is -3.79. The van der Waals surface area contributed by atoms with Crippen LogP contribution in [0.15, 0.2) is 46.0 Å². The topological polar surface area (TPSA) is 104 Å². The number of hydrogen-bond acceptors (Lipinski definition) is 6. The fraction of sp³-hybridized carbons (Fsp3) is 0.429. The molecule has 0 saturated heterocycles. The van der Waals surface area contributed by atoms with Crippen LogP contribution in [0.2, 0.25) is 0 Å². The third-order valence-corrected chi connectivity index (χ3v) is 6.81. The van der Waals surface area contributed by atoms with Crippen LogP contribution in [-0.2, 0) is 13.1 Å². The van der Waals surface area contributed by atoms with Gasteiger partial charge in [-0.05, 0) is 57.6 Å². The number of rotatable bonds is 10. The fourth-order valence-electron chi connectivity index (χ4n) is 4.58. The Morgan fingerprint density at radius 3 is 2.53 bits per heavy atom. The predicted molar refractivity (Wildman–Crippen MR) is 142 cm³/mol. The average Bonchev–Trinajstić information content (AvgIpc) is 3.65. The van der Waals surface area contributed by atoms with Gasteiger partial charge >= 0.3 is 5.69 Å². The summed E-state index contributed by atoms with van der Waals surface area (Å²) < 4.78 is 25.3. The number of aliphatic hydroxyl groups is 1. The van der Waals surface area contributed by atoms with Crippen LogP contribution in [0.3, 0.4) is 0 Å². The Labute approximate surface area is 219 Å². The third-order valence-electron chi connectivity index (χ3n) is 6.81.